The van der Waals surface area contributed by atoms with Crippen LogP contribution in [0.25, 0.3) is 0 Å². The molecule has 3 heterocycles. The third-order valence-electron chi connectivity index (χ3n) is 3.30. The standard InChI is InChI=1S/C12H13ClN6O/c13-10-8(11(14)17-20)1-2-16-12(10)19-6-5-18-4-3-15-9(18)7-19/h1-4,20H,5-7H2,(H2,14,17). The summed E-state index contributed by atoms with van der Waals surface area (Å²) < 4.78 is 2.10. The van der Waals surface area contributed by atoms with Gasteiger partial charge < -0.3 is 20.4 Å². The highest BCUT2D eigenvalue weighted by Crippen LogP contribution is 2.29. The smallest absolute Gasteiger partial charge is 0.171 e. The van der Waals surface area contributed by atoms with E-state index in [4.69, 9.17) is 22.5 Å². The van der Waals surface area contributed by atoms with Gasteiger partial charge in [0.2, 0.25) is 0 Å². The zero-order valence-electron chi connectivity index (χ0n) is 10.6. The van der Waals surface area contributed by atoms with Crippen LogP contribution in [0.4, 0.5) is 5.82 Å². The largest absolute Gasteiger partial charge is 0.409 e. The average Bonchev–Trinajstić information content (AvgIpc) is 2.94. The van der Waals surface area contributed by atoms with Crippen LogP contribution < -0.4 is 10.6 Å². The summed E-state index contributed by atoms with van der Waals surface area (Å²) in [5, 5.41) is 12.1. The van der Waals surface area contributed by atoms with Gasteiger partial charge in [-0.2, -0.15) is 0 Å². The van der Waals surface area contributed by atoms with E-state index < -0.39 is 0 Å². The number of fused-ring (bicyclic) bond motifs is 1. The maximum Gasteiger partial charge on any atom is 0.171 e. The quantitative estimate of drug-likeness (QED) is 0.373. The van der Waals surface area contributed by atoms with Crippen molar-refractivity contribution in [1.82, 2.24) is 14.5 Å². The van der Waals surface area contributed by atoms with E-state index in [-0.39, 0.29) is 5.84 Å². The molecule has 1 aliphatic rings. The Labute approximate surface area is 120 Å². The highest BCUT2D eigenvalue weighted by Gasteiger charge is 2.21. The van der Waals surface area contributed by atoms with E-state index in [0.717, 1.165) is 18.9 Å². The molecule has 0 saturated heterocycles. The summed E-state index contributed by atoms with van der Waals surface area (Å²) in [6.45, 7) is 2.22. The second kappa shape index (κ2) is 5.01. The Hall–Kier alpha value is -2.28. The molecule has 2 aromatic rings. The number of pyridine rings is 1. The van der Waals surface area contributed by atoms with Crippen LogP contribution >= 0.6 is 11.6 Å². The predicted molar refractivity (Wildman–Crippen MR) is 75.0 cm³/mol. The summed E-state index contributed by atoms with van der Waals surface area (Å²) in [6.07, 6.45) is 5.32. The van der Waals surface area contributed by atoms with Crippen LogP contribution in [0.3, 0.4) is 0 Å². The third-order valence-corrected chi connectivity index (χ3v) is 3.67. The molecule has 0 bridgehead atoms. The van der Waals surface area contributed by atoms with E-state index in [0.29, 0.717) is 22.9 Å². The number of nitrogens with two attached hydrogens (primary N) is 1. The van der Waals surface area contributed by atoms with Crippen molar-refractivity contribution in [3.8, 4) is 0 Å². The molecule has 20 heavy (non-hydrogen) atoms. The molecule has 3 N–H and O–H groups in total. The molecule has 104 valence electrons. The van der Waals surface area contributed by atoms with Crippen molar-refractivity contribution in [3.05, 3.63) is 41.1 Å². The summed E-state index contributed by atoms with van der Waals surface area (Å²) in [5.41, 5.74) is 6.07. The van der Waals surface area contributed by atoms with E-state index >= 15 is 0 Å². The van der Waals surface area contributed by atoms with Crippen molar-refractivity contribution in [2.24, 2.45) is 10.9 Å². The van der Waals surface area contributed by atoms with Gasteiger partial charge in [0.25, 0.3) is 0 Å². The van der Waals surface area contributed by atoms with Gasteiger partial charge >= 0.3 is 0 Å². The van der Waals surface area contributed by atoms with Crippen LogP contribution in [-0.4, -0.2) is 32.1 Å². The number of aromatic nitrogens is 3. The second-order valence-corrected chi connectivity index (χ2v) is 4.82. The Balaban J connectivity index is 1.96. The van der Waals surface area contributed by atoms with E-state index in [1.165, 1.54) is 0 Å². The van der Waals surface area contributed by atoms with E-state index in [2.05, 4.69) is 19.7 Å². The van der Waals surface area contributed by atoms with Gasteiger partial charge in [-0.1, -0.05) is 16.8 Å². The molecular weight excluding hydrogens is 280 g/mol. The minimum Gasteiger partial charge on any atom is -0.409 e. The van der Waals surface area contributed by atoms with Gasteiger partial charge in [0.1, 0.15) is 11.6 Å². The van der Waals surface area contributed by atoms with Crippen LogP contribution in [0, 0.1) is 0 Å². The maximum atomic E-state index is 8.77. The molecule has 0 aliphatic carbocycles. The fourth-order valence-corrected chi connectivity index (χ4v) is 2.59. The van der Waals surface area contributed by atoms with Gasteiger partial charge in [0.15, 0.2) is 5.84 Å². The number of hydrogen-bond acceptors (Lipinski definition) is 5. The Bertz CT molecular complexity index is 668. The SMILES string of the molecule is N/C(=N/O)c1ccnc(N2CCn3ccnc3C2)c1Cl. The van der Waals surface area contributed by atoms with Gasteiger partial charge in [-0.25, -0.2) is 9.97 Å². The van der Waals surface area contributed by atoms with Gasteiger partial charge in [0, 0.05) is 37.2 Å². The van der Waals surface area contributed by atoms with Gasteiger partial charge in [0.05, 0.1) is 11.6 Å². The molecule has 1 aliphatic heterocycles. The van der Waals surface area contributed by atoms with Crippen LogP contribution in [0.2, 0.25) is 5.02 Å². The average molecular weight is 293 g/mol. The highest BCUT2D eigenvalue weighted by molar-refractivity contribution is 6.36. The van der Waals surface area contributed by atoms with Crippen molar-refractivity contribution in [1.29, 1.82) is 0 Å². The van der Waals surface area contributed by atoms with E-state index in [1.54, 1.807) is 18.5 Å². The Morgan fingerprint density at radius 2 is 2.20 bits per heavy atom. The first kappa shape index (κ1) is 12.7. The van der Waals surface area contributed by atoms with E-state index in [1.807, 2.05) is 11.1 Å². The van der Waals surface area contributed by atoms with Crippen molar-refractivity contribution in [3.63, 3.8) is 0 Å². The van der Waals surface area contributed by atoms with Crippen LogP contribution in [0.15, 0.2) is 29.8 Å². The topological polar surface area (TPSA) is 92.6 Å². The molecule has 2 aromatic heterocycles. The monoisotopic (exact) mass is 292 g/mol. The van der Waals surface area contributed by atoms with Crippen molar-refractivity contribution in [2.45, 2.75) is 13.1 Å². The number of halogens is 1. The van der Waals surface area contributed by atoms with Crippen molar-refractivity contribution in [2.75, 3.05) is 11.4 Å². The Morgan fingerprint density at radius 3 is 3.00 bits per heavy atom. The number of amidine groups is 1. The zero-order valence-corrected chi connectivity index (χ0v) is 11.3. The normalized spacial score (nSPS) is 15.2. The van der Waals surface area contributed by atoms with Crippen LogP contribution in [-0.2, 0) is 13.1 Å². The third kappa shape index (κ3) is 2.05. The van der Waals surface area contributed by atoms with E-state index in [9.17, 15) is 0 Å². The summed E-state index contributed by atoms with van der Waals surface area (Å²) in [5.74, 6) is 1.55. The lowest BCUT2D eigenvalue weighted by molar-refractivity contribution is 0.318. The lowest BCUT2D eigenvalue weighted by Crippen LogP contribution is -2.34. The second-order valence-electron chi connectivity index (χ2n) is 4.44. The molecule has 3 rings (SSSR count). The number of rotatable bonds is 2. The number of nitrogens with zero attached hydrogens (tertiary/aromatic N) is 5. The van der Waals surface area contributed by atoms with Crippen LogP contribution in [0.1, 0.15) is 11.4 Å². The Kier molecular flexibility index (Phi) is 3.19. The van der Waals surface area contributed by atoms with Gasteiger partial charge in [-0.3, -0.25) is 0 Å². The molecule has 0 saturated carbocycles. The first-order valence-electron chi connectivity index (χ1n) is 6.08. The molecule has 0 radical (unpaired) electrons. The number of anilines is 1. The molecule has 7 nitrogen and oxygen atoms in total. The summed E-state index contributed by atoms with van der Waals surface area (Å²) in [4.78, 5) is 10.6. The molecule has 0 aromatic carbocycles. The lowest BCUT2D eigenvalue weighted by Gasteiger charge is -2.29. The molecule has 0 unspecified atom stereocenters. The minimum absolute atomic E-state index is 0.0304. The Morgan fingerprint density at radius 1 is 1.35 bits per heavy atom. The summed E-state index contributed by atoms with van der Waals surface area (Å²) >= 11 is 6.31. The summed E-state index contributed by atoms with van der Waals surface area (Å²) in [6, 6.07) is 1.62. The molecule has 0 amide bonds. The molecule has 0 fully saturated rings. The highest BCUT2D eigenvalue weighted by atomic mass is 35.5. The fourth-order valence-electron chi connectivity index (χ4n) is 2.26. The lowest BCUT2D eigenvalue weighted by atomic mass is 10.2. The van der Waals surface area contributed by atoms with Crippen LogP contribution in [0.5, 0.6) is 0 Å². The zero-order chi connectivity index (χ0) is 14.1. The first-order chi connectivity index (χ1) is 9.70. The minimum atomic E-state index is -0.0304. The van der Waals surface area contributed by atoms with Crippen molar-refractivity contribution < 1.29 is 5.21 Å². The first-order valence-corrected chi connectivity index (χ1v) is 6.46. The van der Waals surface area contributed by atoms with Gasteiger partial charge in [-0.05, 0) is 6.07 Å². The van der Waals surface area contributed by atoms with Gasteiger partial charge in [-0.15, -0.1) is 0 Å². The molecule has 0 spiro atoms. The van der Waals surface area contributed by atoms with Crippen molar-refractivity contribution >= 4 is 23.3 Å². The predicted octanol–water partition coefficient (Wildman–Crippen LogP) is 1.05. The number of imidazole rings is 1. The molecule has 0 atom stereocenters. The fraction of sp³-hybridized carbons (Fsp3) is 0.250. The summed E-state index contributed by atoms with van der Waals surface area (Å²) in [7, 11) is 0. The number of oxime groups is 1. The molecule has 8 heteroatoms. The number of hydrogen-bond donors (Lipinski definition) is 2. The maximum absolute atomic E-state index is 8.77. The molecular formula is C12H13ClN6O.